The zero-order chi connectivity index (χ0) is 14.5. The molecule has 1 heterocycles. The van der Waals surface area contributed by atoms with E-state index in [-0.39, 0.29) is 25.1 Å². The summed E-state index contributed by atoms with van der Waals surface area (Å²) in [6.07, 6.45) is -2.82. The molecule has 0 saturated heterocycles. The number of carboxylic acid groups (broad SMARTS) is 1. The Balaban J connectivity index is 2.49. The lowest BCUT2D eigenvalue weighted by molar-refractivity contribution is -0.174. The largest absolute Gasteiger partial charge is 0.477 e. The van der Waals surface area contributed by atoms with Crippen molar-refractivity contribution in [3.05, 3.63) is 34.2 Å². The number of aryl methyl sites for hydroxylation is 1. The number of aromatic carboxylic acids is 1. The minimum absolute atomic E-state index is 0.0951. The van der Waals surface area contributed by atoms with E-state index in [4.69, 9.17) is 5.11 Å². The fourth-order valence-corrected chi connectivity index (χ4v) is 1.40. The van der Waals surface area contributed by atoms with E-state index >= 15 is 0 Å². The van der Waals surface area contributed by atoms with Gasteiger partial charge < -0.3 is 14.4 Å². The molecule has 1 rings (SSSR count). The first kappa shape index (κ1) is 15.2. The molecule has 1 aromatic rings. The van der Waals surface area contributed by atoms with Crippen molar-refractivity contribution < 1.29 is 27.8 Å². The molecule has 106 valence electrons. The first-order valence-electron chi connectivity index (χ1n) is 5.38. The summed E-state index contributed by atoms with van der Waals surface area (Å²) in [7, 11) is 0. The molecule has 0 radical (unpaired) electrons. The molecule has 0 spiro atoms. The highest BCUT2D eigenvalue weighted by Gasteiger charge is 2.27. The Morgan fingerprint density at radius 1 is 1.42 bits per heavy atom. The Morgan fingerprint density at radius 2 is 2.11 bits per heavy atom. The van der Waals surface area contributed by atoms with Crippen LogP contribution >= 0.6 is 0 Å². The summed E-state index contributed by atoms with van der Waals surface area (Å²) in [4.78, 5) is 22.3. The second kappa shape index (κ2) is 6.37. The SMILES string of the molecule is O=C(O)c1cccn(CCCOCC(F)(F)F)c1=O. The first-order chi connectivity index (χ1) is 8.81. The van der Waals surface area contributed by atoms with E-state index in [0.29, 0.717) is 0 Å². The molecule has 0 aliphatic carbocycles. The Kier molecular flexibility index (Phi) is 5.11. The predicted octanol–water partition coefficient (Wildman–Crippen LogP) is 1.52. The zero-order valence-electron chi connectivity index (χ0n) is 9.81. The van der Waals surface area contributed by atoms with Crippen LogP contribution in [0.25, 0.3) is 0 Å². The maximum atomic E-state index is 11.8. The van der Waals surface area contributed by atoms with Gasteiger partial charge in [0.05, 0.1) is 0 Å². The Hall–Kier alpha value is -1.83. The van der Waals surface area contributed by atoms with E-state index in [9.17, 15) is 22.8 Å². The Morgan fingerprint density at radius 3 is 2.68 bits per heavy atom. The van der Waals surface area contributed by atoms with Crippen molar-refractivity contribution in [1.29, 1.82) is 0 Å². The van der Waals surface area contributed by atoms with Crippen LogP contribution in [0, 0.1) is 0 Å². The van der Waals surface area contributed by atoms with Crippen LogP contribution in [0.4, 0.5) is 13.2 Å². The number of hydrogen-bond acceptors (Lipinski definition) is 3. The van der Waals surface area contributed by atoms with E-state index in [1.807, 2.05) is 0 Å². The number of halogens is 3. The lowest BCUT2D eigenvalue weighted by atomic mass is 10.3. The number of ether oxygens (including phenoxy) is 1. The summed E-state index contributed by atoms with van der Waals surface area (Å²) in [5.74, 6) is -1.34. The van der Waals surface area contributed by atoms with Gasteiger partial charge in [-0.25, -0.2) is 4.79 Å². The second-order valence-corrected chi connectivity index (χ2v) is 3.75. The molecule has 0 atom stereocenters. The normalized spacial score (nSPS) is 11.5. The standard InChI is InChI=1S/C11H12F3NO4/c12-11(13,14)7-19-6-2-5-15-4-1-3-8(9(15)16)10(17)18/h1,3-4H,2,5-7H2,(H,17,18). The monoisotopic (exact) mass is 279 g/mol. The van der Waals surface area contributed by atoms with Crippen LogP contribution in [0.1, 0.15) is 16.8 Å². The van der Waals surface area contributed by atoms with Crippen LogP contribution in [0.2, 0.25) is 0 Å². The molecule has 19 heavy (non-hydrogen) atoms. The van der Waals surface area contributed by atoms with Crippen molar-refractivity contribution in [3.63, 3.8) is 0 Å². The average Bonchev–Trinajstić information content (AvgIpc) is 2.28. The van der Waals surface area contributed by atoms with E-state index in [2.05, 4.69) is 4.74 Å². The molecule has 8 heteroatoms. The minimum atomic E-state index is -4.37. The molecule has 0 fully saturated rings. The highest BCUT2D eigenvalue weighted by Crippen LogP contribution is 2.14. The van der Waals surface area contributed by atoms with Gasteiger partial charge in [-0.2, -0.15) is 13.2 Å². The van der Waals surface area contributed by atoms with E-state index in [0.717, 1.165) is 4.57 Å². The predicted molar refractivity (Wildman–Crippen MR) is 59.2 cm³/mol. The van der Waals surface area contributed by atoms with Crippen molar-refractivity contribution in [1.82, 2.24) is 4.57 Å². The molecule has 0 aromatic carbocycles. The van der Waals surface area contributed by atoms with Gasteiger partial charge in [0, 0.05) is 19.3 Å². The number of rotatable bonds is 6. The summed E-state index contributed by atoms with van der Waals surface area (Å²) >= 11 is 0. The lowest BCUT2D eigenvalue weighted by Gasteiger charge is -2.09. The number of alkyl halides is 3. The maximum absolute atomic E-state index is 11.8. The zero-order valence-corrected chi connectivity index (χ0v) is 9.81. The molecule has 1 N–H and O–H groups in total. The van der Waals surface area contributed by atoms with Crippen LogP contribution in [0.15, 0.2) is 23.1 Å². The molecule has 0 bridgehead atoms. The van der Waals surface area contributed by atoms with Crippen LogP contribution in [-0.4, -0.2) is 35.0 Å². The van der Waals surface area contributed by atoms with Gasteiger partial charge in [0.2, 0.25) is 0 Å². The smallest absolute Gasteiger partial charge is 0.411 e. The van der Waals surface area contributed by atoms with Gasteiger partial charge in [-0.1, -0.05) is 0 Å². The number of carboxylic acids is 1. The molecule has 5 nitrogen and oxygen atoms in total. The summed E-state index contributed by atoms with van der Waals surface area (Å²) in [5.41, 5.74) is -1.07. The number of aromatic nitrogens is 1. The summed E-state index contributed by atoms with van der Waals surface area (Å²) in [5, 5.41) is 8.73. The van der Waals surface area contributed by atoms with Crippen molar-refractivity contribution >= 4 is 5.97 Å². The third-order valence-electron chi connectivity index (χ3n) is 2.20. The van der Waals surface area contributed by atoms with E-state index < -0.39 is 24.3 Å². The van der Waals surface area contributed by atoms with Crippen LogP contribution < -0.4 is 5.56 Å². The number of carbonyl (C=O) groups is 1. The van der Waals surface area contributed by atoms with Gasteiger partial charge in [-0.15, -0.1) is 0 Å². The van der Waals surface area contributed by atoms with Crippen molar-refractivity contribution in [2.45, 2.75) is 19.1 Å². The van der Waals surface area contributed by atoms with Crippen molar-refractivity contribution in [3.8, 4) is 0 Å². The molecular weight excluding hydrogens is 267 g/mol. The average molecular weight is 279 g/mol. The van der Waals surface area contributed by atoms with Crippen LogP contribution in [0.3, 0.4) is 0 Å². The molecule has 0 amide bonds. The third kappa shape index (κ3) is 5.12. The van der Waals surface area contributed by atoms with Crippen LogP contribution in [-0.2, 0) is 11.3 Å². The molecule has 0 unspecified atom stereocenters. The first-order valence-corrected chi connectivity index (χ1v) is 5.38. The summed E-state index contributed by atoms with van der Waals surface area (Å²) in [6.45, 7) is -1.40. The van der Waals surface area contributed by atoms with Crippen molar-refractivity contribution in [2.24, 2.45) is 0 Å². The van der Waals surface area contributed by atoms with Gasteiger partial charge in [-0.3, -0.25) is 4.79 Å². The number of hydrogen-bond donors (Lipinski definition) is 1. The molecule has 0 saturated carbocycles. The fourth-order valence-electron chi connectivity index (χ4n) is 1.40. The van der Waals surface area contributed by atoms with Gasteiger partial charge in [0.25, 0.3) is 5.56 Å². The quantitative estimate of drug-likeness (QED) is 0.801. The molecule has 1 aromatic heterocycles. The highest BCUT2D eigenvalue weighted by molar-refractivity contribution is 5.86. The van der Waals surface area contributed by atoms with E-state index in [1.165, 1.54) is 18.3 Å². The van der Waals surface area contributed by atoms with Gasteiger partial charge >= 0.3 is 12.1 Å². The topological polar surface area (TPSA) is 68.5 Å². The van der Waals surface area contributed by atoms with Crippen molar-refractivity contribution in [2.75, 3.05) is 13.2 Å². The number of pyridine rings is 1. The van der Waals surface area contributed by atoms with Gasteiger partial charge in [0.15, 0.2) is 0 Å². The maximum Gasteiger partial charge on any atom is 0.411 e. The Labute approximate surface area is 106 Å². The van der Waals surface area contributed by atoms with Gasteiger partial charge in [0.1, 0.15) is 12.2 Å². The summed E-state index contributed by atoms with van der Waals surface area (Å²) < 4.78 is 40.8. The third-order valence-corrected chi connectivity index (χ3v) is 2.20. The minimum Gasteiger partial charge on any atom is -0.477 e. The fraction of sp³-hybridized carbons (Fsp3) is 0.455. The summed E-state index contributed by atoms with van der Waals surface area (Å²) in [6, 6.07) is 2.56. The molecule has 0 aliphatic heterocycles. The van der Waals surface area contributed by atoms with Gasteiger partial charge in [-0.05, 0) is 18.6 Å². The van der Waals surface area contributed by atoms with Crippen LogP contribution in [0.5, 0.6) is 0 Å². The molecular formula is C11H12F3NO4. The second-order valence-electron chi connectivity index (χ2n) is 3.75. The molecule has 0 aliphatic rings. The number of nitrogens with zero attached hydrogens (tertiary/aromatic N) is 1. The lowest BCUT2D eigenvalue weighted by Crippen LogP contribution is -2.26. The Bertz CT molecular complexity index is 495. The van der Waals surface area contributed by atoms with E-state index in [1.54, 1.807) is 0 Å². The highest BCUT2D eigenvalue weighted by atomic mass is 19.4.